The Labute approximate surface area is 178 Å². The van der Waals surface area contributed by atoms with Crippen molar-refractivity contribution in [1.82, 2.24) is 9.88 Å². The number of likely N-dealkylation sites (tertiary alicyclic amines) is 1. The van der Waals surface area contributed by atoms with E-state index in [2.05, 4.69) is 41.7 Å². The Hall–Kier alpha value is -1.86. The number of anilines is 1. The molecule has 0 spiro atoms. The van der Waals surface area contributed by atoms with Crippen LogP contribution in [0.5, 0.6) is 0 Å². The van der Waals surface area contributed by atoms with E-state index in [0.29, 0.717) is 30.4 Å². The number of nitrogens with one attached hydrogen (secondary N) is 2. The standard InChI is InChI=1S/C23H31N3O3S/c1-22(2)16-6-8-23(22,21(27)10-16)14-30(28,29)25-17-4-5-20-18(11-17)19(12-24-20)15-7-9-26(3)13-15/h4-5,11-12,15-16,24-25H,6-10,13-14H2,1-3H3. The number of carbonyl (C=O) groups is 1. The van der Waals surface area contributed by atoms with Gasteiger partial charge >= 0.3 is 0 Å². The molecule has 1 aliphatic heterocycles. The molecular formula is C23H31N3O3S. The number of aromatic amines is 1. The minimum Gasteiger partial charge on any atom is -0.361 e. The first-order chi connectivity index (χ1) is 14.1. The number of fused-ring (bicyclic) bond motifs is 3. The Kier molecular flexibility index (Phi) is 4.39. The van der Waals surface area contributed by atoms with Crippen LogP contribution in [-0.4, -0.2) is 50.0 Å². The van der Waals surface area contributed by atoms with Crippen LogP contribution in [0.2, 0.25) is 0 Å². The molecule has 2 aliphatic carbocycles. The van der Waals surface area contributed by atoms with E-state index < -0.39 is 15.4 Å². The summed E-state index contributed by atoms with van der Waals surface area (Å²) in [5, 5.41) is 1.08. The maximum absolute atomic E-state index is 13.2. The zero-order chi connectivity index (χ0) is 21.3. The Balaban J connectivity index is 1.42. The van der Waals surface area contributed by atoms with Crippen LogP contribution in [0, 0.1) is 16.7 Å². The van der Waals surface area contributed by atoms with Crippen molar-refractivity contribution in [3.63, 3.8) is 0 Å². The SMILES string of the molecule is CN1CCC(c2c[nH]c3ccc(NS(=O)(=O)CC45CCC(CC4=O)C5(C)C)cc23)C1. The van der Waals surface area contributed by atoms with E-state index in [0.717, 1.165) is 36.8 Å². The van der Waals surface area contributed by atoms with Gasteiger partial charge in [0.05, 0.1) is 11.2 Å². The number of aromatic nitrogens is 1. The molecule has 1 aromatic heterocycles. The molecule has 2 N–H and O–H groups in total. The lowest BCUT2D eigenvalue weighted by atomic mass is 9.70. The first-order valence-corrected chi connectivity index (χ1v) is 12.6. The minimum absolute atomic E-state index is 0.117. The number of ketones is 1. The van der Waals surface area contributed by atoms with Crippen LogP contribution in [0.3, 0.4) is 0 Å². The Morgan fingerprint density at radius 1 is 1.27 bits per heavy atom. The van der Waals surface area contributed by atoms with E-state index in [1.54, 1.807) is 6.07 Å². The number of nitrogens with zero attached hydrogens (tertiary/aromatic N) is 1. The van der Waals surface area contributed by atoms with E-state index in [1.165, 1.54) is 5.56 Å². The number of likely N-dealkylation sites (N-methyl/N-ethyl adjacent to an activating group) is 1. The van der Waals surface area contributed by atoms with Crippen molar-refractivity contribution in [1.29, 1.82) is 0 Å². The second kappa shape index (κ2) is 6.57. The topological polar surface area (TPSA) is 82.3 Å². The van der Waals surface area contributed by atoms with Gasteiger partial charge in [0.25, 0.3) is 0 Å². The summed E-state index contributed by atoms with van der Waals surface area (Å²) < 4.78 is 29.1. The number of rotatable bonds is 5. The third kappa shape index (κ3) is 2.93. The van der Waals surface area contributed by atoms with Gasteiger partial charge in [-0.15, -0.1) is 0 Å². The summed E-state index contributed by atoms with van der Waals surface area (Å²) in [5.41, 5.74) is 1.84. The van der Waals surface area contributed by atoms with Gasteiger partial charge in [0.2, 0.25) is 10.0 Å². The van der Waals surface area contributed by atoms with Crippen LogP contribution in [0.1, 0.15) is 51.0 Å². The van der Waals surface area contributed by atoms with Gasteiger partial charge in [-0.1, -0.05) is 13.8 Å². The van der Waals surface area contributed by atoms with Gasteiger partial charge in [-0.3, -0.25) is 9.52 Å². The number of benzene rings is 1. The summed E-state index contributed by atoms with van der Waals surface area (Å²) in [6, 6.07) is 5.68. The number of carbonyl (C=O) groups excluding carboxylic acids is 1. The molecule has 1 aromatic carbocycles. The molecular weight excluding hydrogens is 398 g/mol. The molecule has 5 rings (SSSR count). The third-order valence-electron chi connectivity index (χ3n) is 8.39. The number of Topliss-reactive ketones (excluding diaryl/α,β-unsaturated/α-hetero) is 1. The zero-order valence-electron chi connectivity index (χ0n) is 18.0. The van der Waals surface area contributed by atoms with Crippen molar-refractivity contribution in [3.05, 3.63) is 30.0 Å². The molecule has 6 nitrogen and oxygen atoms in total. The van der Waals surface area contributed by atoms with Crippen molar-refractivity contribution in [2.24, 2.45) is 16.7 Å². The zero-order valence-corrected chi connectivity index (χ0v) is 18.8. The highest BCUT2D eigenvalue weighted by Gasteiger charge is 2.65. The molecule has 2 bridgehead atoms. The largest absolute Gasteiger partial charge is 0.361 e. The van der Waals surface area contributed by atoms with E-state index >= 15 is 0 Å². The molecule has 0 amide bonds. The number of sulfonamides is 1. The lowest BCUT2D eigenvalue weighted by molar-refractivity contribution is -0.128. The summed E-state index contributed by atoms with van der Waals surface area (Å²) in [6.07, 6.45) is 5.32. The molecule has 3 fully saturated rings. The maximum atomic E-state index is 13.2. The molecule has 3 aliphatic rings. The van der Waals surface area contributed by atoms with Crippen molar-refractivity contribution < 1.29 is 13.2 Å². The van der Waals surface area contributed by atoms with E-state index in [1.807, 2.05) is 12.1 Å². The number of H-pyrrole nitrogens is 1. The van der Waals surface area contributed by atoms with Crippen LogP contribution >= 0.6 is 0 Å². The Morgan fingerprint density at radius 3 is 2.70 bits per heavy atom. The first-order valence-electron chi connectivity index (χ1n) is 10.9. The highest BCUT2D eigenvalue weighted by molar-refractivity contribution is 7.92. The molecule has 2 heterocycles. The molecule has 1 saturated heterocycles. The summed E-state index contributed by atoms with van der Waals surface area (Å²) in [5.74, 6) is 0.779. The van der Waals surface area contributed by atoms with Gasteiger partial charge < -0.3 is 9.88 Å². The van der Waals surface area contributed by atoms with Crippen LogP contribution in [0.4, 0.5) is 5.69 Å². The predicted octanol–water partition coefficient (Wildman–Crippen LogP) is 3.72. The van der Waals surface area contributed by atoms with Crippen LogP contribution in [-0.2, 0) is 14.8 Å². The van der Waals surface area contributed by atoms with Crippen LogP contribution in [0.15, 0.2) is 24.4 Å². The fraction of sp³-hybridized carbons (Fsp3) is 0.609. The minimum atomic E-state index is -3.65. The molecule has 3 unspecified atom stereocenters. The van der Waals surface area contributed by atoms with Crippen molar-refractivity contribution in [3.8, 4) is 0 Å². The highest BCUT2D eigenvalue weighted by Crippen LogP contribution is 2.64. The molecule has 3 atom stereocenters. The number of hydrogen-bond acceptors (Lipinski definition) is 4. The molecule has 7 heteroatoms. The second-order valence-corrected chi connectivity index (χ2v) is 12.0. The maximum Gasteiger partial charge on any atom is 0.233 e. The average Bonchev–Trinajstić information content (AvgIpc) is 3.36. The normalized spacial score (nSPS) is 31.1. The van der Waals surface area contributed by atoms with E-state index in [4.69, 9.17) is 0 Å². The van der Waals surface area contributed by atoms with Gasteiger partial charge in [0.1, 0.15) is 5.78 Å². The summed E-state index contributed by atoms with van der Waals surface area (Å²) in [7, 11) is -1.52. The lowest BCUT2D eigenvalue weighted by Crippen LogP contribution is -2.43. The summed E-state index contributed by atoms with van der Waals surface area (Å²) in [4.78, 5) is 18.4. The molecule has 162 valence electrons. The molecule has 2 aromatic rings. The summed E-state index contributed by atoms with van der Waals surface area (Å²) in [6.45, 7) is 6.24. The van der Waals surface area contributed by atoms with E-state index in [-0.39, 0.29) is 17.0 Å². The van der Waals surface area contributed by atoms with Gasteiger partial charge in [-0.25, -0.2) is 8.42 Å². The first kappa shape index (κ1) is 20.1. The van der Waals surface area contributed by atoms with Gasteiger partial charge in [0.15, 0.2) is 0 Å². The van der Waals surface area contributed by atoms with Crippen molar-refractivity contribution in [2.75, 3.05) is 30.6 Å². The smallest absolute Gasteiger partial charge is 0.233 e. The quantitative estimate of drug-likeness (QED) is 0.759. The van der Waals surface area contributed by atoms with Crippen molar-refractivity contribution >= 4 is 32.4 Å². The van der Waals surface area contributed by atoms with Crippen LogP contribution < -0.4 is 4.72 Å². The van der Waals surface area contributed by atoms with Gasteiger partial charge in [0, 0.05) is 35.8 Å². The fourth-order valence-corrected chi connectivity index (χ4v) is 8.26. The summed E-state index contributed by atoms with van der Waals surface area (Å²) >= 11 is 0. The Bertz CT molecular complexity index is 1120. The second-order valence-electron chi connectivity index (χ2n) is 10.3. The third-order valence-corrected chi connectivity index (χ3v) is 9.81. The molecule has 30 heavy (non-hydrogen) atoms. The highest BCUT2D eigenvalue weighted by atomic mass is 32.2. The van der Waals surface area contributed by atoms with Crippen molar-refractivity contribution in [2.45, 2.75) is 45.4 Å². The molecule has 0 radical (unpaired) electrons. The monoisotopic (exact) mass is 429 g/mol. The van der Waals surface area contributed by atoms with E-state index in [9.17, 15) is 13.2 Å². The van der Waals surface area contributed by atoms with Gasteiger partial charge in [-0.05, 0) is 73.9 Å². The lowest BCUT2D eigenvalue weighted by Gasteiger charge is -2.36. The fourth-order valence-electron chi connectivity index (χ4n) is 6.38. The average molecular weight is 430 g/mol. The van der Waals surface area contributed by atoms with Gasteiger partial charge in [-0.2, -0.15) is 0 Å². The number of hydrogen-bond donors (Lipinski definition) is 2. The predicted molar refractivity (Wildman–Crippen MR) is 119 cm³/mol. The molecule has 2 saturated carbocycles. The van der Waals surface area contributed by atoms with Crippen LogP contribution in [0.25, 0.3) is 10.9 Å². The Morgan fingerprint density at radius 2 is 2.07 bits per heavy atom.